The topological polar surface area (TPSA) is 12.9 Å². The van der Waals surface area contributed by atoms with Crippen LogP contribution in [0.5, 0.6) is 0 Å². The van der Waals surface area contributed by atoms with Gasteiger partial charge in [-0.3, -0.25) is 4.98 Å². The number of halogens is 1. The van der Waals surface area contributed by atoms with Crippen molar-refractivity contribution in [2.75, 3.05) is 0 Å². The molecule has 0 bridgehead atoms. The average molecular weight is 344 g/mol. The smallest absolute Gasteiger partial charge is 0.0716 e. The predicted octanol–water partition coefficient (Wildman–Crippen LogP) is 6.48. The highest BCUT2D eigenvalue weighted by Gasteiger charge is 2.34. The lowest BCUT2D eigenvalue weighted by atomic mass is 9.94. The first-order valence-corrected chi connectivity index (χ1v) is 9.20. The Morgan fingerprint density at radius 3 is 2.61 bits per heavy atom. The summed E-state index contributed by atoms with van der Waals surface area (Å²) in [7, 11) is 0. The number of hydrogen-bond donors (Lipinski definition) is 0. The van der Waals surface area contributed by atoms with Crippen LogP contribution in [0.3, 0.4) is 0 Å². The van der Waals surface area contributed by atoms with Crippen molar-refractivity contribution in [1.29, 1.82) is 0 Å². The normalized spacial score (nSPS) is 16.4. The number of hydrogen-bond acceptors (Lipinski definition) is 2. The van der Waals surface area contributed by atoms with Crippen LogP contribution in [0.1, 0.15) is 55.6 Å². The largest absolute Gasteiger partial charge is 0.256 e. The molecule has 1 nitrogen and oxygen atoms in total. The minimum absolute atomic E-state index is 0.0149. The van der Waals surface area contributed by atoms with E-state index in [4.69, 9.17) is 11.6 Å². The van der Waals surface area contributed by atoms with E-state index < -0.39 is 0 Å². The zero-order valence-electron chi connectivity index (χ0n) is 14.3. The Morgan fingerprint density at radius 2 is 1.91 bits per heavy atom. The molecule has 120 valence electrons. The van der Waals surface area contributed by atoms with Gasteiger partial charge in [0.05, 0.1) is 10.7 Å². The molecule has 0 amide bonds. The SMILES string of the molecule is CCc1c(C)ccc(C2=C(C)c3ncccc3C(C)(C)S2)c1Cl. The zero-order chi connectivity index (χ0) is 16.8. The molecule has 3 heteroatoms. The van der Waals surface area contributed by atoms with Crippen LogP contribution in [0.25, 0.3) is 10.5 Å². The maximum Gasteiger partial charge on any atom is 0.0716 e. The van der Waals surface area contributed by atoms with Gasteiger partial charge in [0.25, 0.3) is 0 Å². The van der Waals surface area contributed by atoms with Crippen LogP contribution >= 0.6 is 23.4 Å². The first-order valence-electron chi connectivity index (χ1n) is 8.01. The van der Waals surface area contributed by atoms with Gasteiger partial charge >= 0.3 is 0 Å². The fraction of sp³-hybridized carbons (Fsp3) is 0.350. The second kappa shape index (κ2) is 5.99. The van der Waals surface area contributed by atoms with Crippen LogP contribution in [-0.2, 0) is 11.2 Å². The van der Waals surface area contributed by atoms with Crippen LogP contribution in [0.2, 0.25) is 5.02 Å². The van der Waals surface area contributed by atoms with Crippen molar-refractivity contribution in [1.82, 2.24) is 4.98 Å². The van der Waals surface area contributed by atoms with E-state index in [0.29, 0.717) is 0 Å². The molecule has 0 atom stereocenters. The van der Waals surface area contributed by atoms with Gasteiger partial charge in [0.1, 0.15) is 0 Å². The summed E-state index contributed by atoms with van der Waals surface area (Å²) in [4.78, 5) is 5.90. The summed E-state index contributed by atoms with van der Waals surface area (Å²) in [6, 6.07) is 8.55. The summed E-state index contributed by atoms with van der Waals surface area (Å²) in [5.74, 6) is 0. The maximum absolute atomic E-state index is 6.77. The highest BCUT2D eigenvalue weighted by molar-refractivity contribution is 8.09. The monoisotopic (exact) mass is 343 g/mol. The number of fused-ring (bicyclic) bond motifs is 1. The lowest BCUT2D eigenvalue weighted by Crippen LogP contribution is -2.19. The molecular weight excluding hydrogens is 322 g/mol. The van der Waals surface area contributed by atoms with Crippen molar-refractivity contribution in [3.05, 3.63) is 63.4 Å². The Balaban J connectivity index is 2.26. The maximum atomic E-state index is 6.77. The molecule has 2 heterocycles. The van der Waals surface area contributed by atoms with Crippen LogP contribution in [0.15, 0.2) is 30.5 Å². The van der Waals surface area contributed by atoms with Crippen LogP contribution < -0.4 is 0 Å². The molecule has 0 saturated heterocycles. The van der Waals surface area contributed by atoms with Gasteiger partial charge in [-0.15, -0.1) is 11.8 Å². The molecule has 3 rings (SSSR count). The van der Waals surface area contributed by atoms with Gasteiger partial charge in [-0.25, -0.2) is 0 Å². The van der Waals surface area contributed by atoms with Gasteiger partial charge < -0.3 is 0 Å². The zero-order valence-corrected chi connectivity index (χ0v) is 15.9. The average Bonchev–Trinajstić information content (AvgIpc) is 2.52. The molecular formula is C20H22ClNS. The van der Waals surface area contributed by atoms with Crippen molar-refractivity contribution in [2.45, 2.75) is 45.8 Å². The summed E-state index contributed by atoms with van der Waals surface area (Å²) in [6.45, 7) is 11.0. The number of pyridine rings is 1. The molecule has 1 aromatic carbocycles. The number of nitrogens with zero attached hydrogens (tertiary/aromatic N) is 1. The van der Waals surface area contributed by atoms with Gasteiger partial charge in [-0.2, -0.15) is 0 Å². The summed E-state index contributed by atoms with van der Waals surface area (Å²) >= 11 is 8.65. The summed E-state index contributed by atoms with van der Waals surface area (Å²) < 4.78 is -0.0149. The first-order chi connectivity index (χ1) is 10.9. The Labute approximate surface area is 148 Å². The molecule has 23 heavy (non-hydrogen) atoms. The van der Waals surface area contributed by atoms with E-state index in [-0.39, 0.29) is 4.75 Å². The molecule has 1 aromatic heterocycles. The molecule has 0 spiro atoms. The molecule has 2 aromatic rings. The summed E-state index contributed by atoms with van der Waals surface area (Å²) in [5, 5.41) is 0.893. The number of thioether (sulfide) groups is 1. The van der Waals surface area contributed by atoms with Crippen molar-refractivity contribution < 1.29 is 0 Å². The third-order valence-electron chi connectivity index (χ3n) is 4.58. The highest BCUT2D eigenvalue weighted by atomic mass is 35.5. The van der Waals surface area contributed by atoms with Crippen molar-refractivity contribution in [3.63, 3.8) is 0 Å². The van der Waals surface area contributed by atoms with Crippen LogP contribution in [-0.4, -0.2) is 4.98 Å². The van der Waals surface area contributed by atoms with E-state index in [1.165, 1.54) is 27.2 Å². The lowest BCUT2D eigenvalue weighted by molar-refractivity contribution is 0.774. The van der Waals surface area contributed by atoms with E-state index in [9.17, 15) is 0 Å². The lowest BCUT2D eigenvalue weighted by Gasteiger charge is -2.34. The van der Waals surface area contributed by atoms with Crippen LogP contribution in [0, 0.1) is 6.92 Å². The van der Waals surface area contributed by atoms with E-state index in [2.05, 4.69) is 57.8 Å². The quantitative estimate of drug-likeness (QED) is 0.619. The standard InChI is InChI=1S/C20H22ClNS/c1-6-14-12(2)9-10-15(17(14)21)19-13(3)18-16(8-7-11-22-18)20(4,5)23-19/h7-11H,6H2,1-5H3. The first kappa shape index (κ1) is 16.6. The molecule has 0 saturated carbocycles. The van der Waals surface area contributed by atoms with Crippen molar-refractivity contribution in [3.8, 4) is 0 Å². The van der Waals surface area contributed by atoms with Gasteiger partial charge in [0.15, 0.2) is 0 Å². The molecule has 0 fully saturated rings. The minimum atomic E-state index is -0.0149. The second-order valence-electron chi connectivity index (χ2n) is 6.54. The molecule has 1 aliphatic heterocycles. The molecule has 0 N–H and O–H groups in total. The van der Waals surface area contributed by atoms with Crippen LogP contribution in [0.4, 0.5) is 0 Å². The number of rotatable bonds is 2. The Kier molecular flexibility index (Phi) is 4.33. The van der Waals surface area contributed by atoms with Crippen molar-refractivity contribution in [2.24, 2.45) is 0 Å². The second-order valence-corrected chi connectivity index (χ2v) is 8.55. The molecule has 0 unspecified atom stereocenters. The van der Waals surface area contributed by atoms with Gasteiger partial charge in [-0.05, 0) is 62.4 Å². The minimum Gasteiger partial charge on any atom is -0.256 e. The fourth-order valence-corrected chi connectivity index (χ4v) is 5.08. The van der Waals surface area contributed by atoms with Gasteiger partial charge in [0, 0.05) is 21.4 Å². The third-order valence-corrected chi connectivity index (χ3v) is 6.48. The van der Waals surface area contributed by atoms with E-state index >= 15 is 0 Å². The molecule has 1 aliphatic rings. The van der Waals surface area contributed by atoms with E-state index in [0.717, 1.165) is 22.7 Å². The fourth-order valence-electron chi connectivity index (χ4n) is 3.27. The number of aromatic nitrogens is 1. The number of allylic oxidation sites excluding steroid dienone is 1. The highest BCUT2D eigenvalue weighted by Crippen LogP contribution is 2.54. The van der Waals surface area contributed by atoms with E-state index in [1.54, 1.807) is 0 Å². The summed E-state index contributed by atoms with van der Waals surface area (Å²) in [5.41, 5.74) is 7.26. The summed E-state index contributed by atoms with van der Waals surface area (Å²) in [6.07, 6.45) is 2.83. The third kappa shape index (κ3) is 2.72. The molecule has 0 radical (unpaired) electrons. The predicted molar refractivity (Wildman–Crippen MR) is 103 cm³/mol. The number of aryl methyl sites for hydroxylation is 1. The van der Waals surface area contributed by atoms with Gasteiger partial charge in [0.2, 0.25) is 0 Å². The molecule has 0 aliphatic carbocycles. The Bertz CT molecular complexity index is 805. The van der Waals surface area contributed by atoms with Crippen molar-refractivity contribution >= 4 is 33.8 Å². The number of benzene rings is 1. The van der Waals surface area contributed by atoms with E-state index in [1.807, 2.05) is 24.0 Å². The Hall–Kier alpha value is -1.25. The van der Waals surface area contributed by atoms with Gasteiger partial charge in [-0.1, -0.05) is 36.7 Å². The Morgan fingerprint density at radius 1 is 1.17 bits per heavy atom.